The van der Waals surface area contributed by atoms with Crippen LogP contribution in [-0.2, 0) is 16.0 Å². The van der Waals surface area contributed by atoms with Crippen LogP contribution in [0.1, 0.15) is 12.5 Å². The minimum Gasteiger partial charge on any atom is -0.490 e. The van der Waals surface area contributed by atoms with E-state index < -0.39 is 10.9 Å². The molecule has 18 heavy (non-hydrogen) atoms. The summed E-state index contributed by atoms with van der Waals surface area (Å²) in [5.74, 6) is -0.529. The Labute approximate surface area is 109 Å². The molecule has 0 N–H and O–H groups in total. The summed E-state index contributed by atoms with van der Waals surface area (Å²) in [6.07, 6.45) is -0.169. The summed E-state index contributed by atoms with van der Waals surface area (Å²) in [6, 6.07) is 2.59. The van der Waals surface area contributed by atoms with E-state index in [1.165, 1.54) is 19.2 Å². The molecule has 0 fully saturated rings. The van der Waals surface area contributed by atoms with Crippen molar-refractivity contribution in [2.45, 2.75) is 13.3 Å². The lowest BCUT2D eigenvalue weighted by molar-refractivity contribution is -0.385. The number of carbonyl (C=O) groups excluding carboxylic acids is 1. The van der Waals surface area contributed by atoms with E-state index in [0.717, 1.165) is 0 Å². The van der Waals surface area contributed by atoms with Gasteiger partial charge in [0, 0.05) is 16.7 Å². The van der Waals surface area contributed by atoms with E-state index in [9.17, 15) is 14.9 Å². The molecule has 0 saturated heterocycles. The van der Waals surface area contributed by atoms with Crippen molar-refractivity contribution < 1.29 is 19.2 Å². The quantitative estimate of drug-likeness (QED) is 0.467. The number of benzene rings is 1. The van der Waals surface area contributed by atoms with E-state index in [-0.39, 0.29) is 35.1 Å². The van der Waals surface area contributed by atoms with Gasteiger partial charge >= 0.3 is 11.7 Å². The fraction of sp³-hybridized carbons (Fsp3) is 0.364. The molecule has 0 saturated carbocycles. The summed E-state index contributed by atoms with van der Waals surface area (Å²) < 4.78 is 9.74. The van der Waals surface area contributed by atoms with Crippen LogP contribution in [0.5, 0.6) is 5.75 Å². The van der Waals surface area contributed by atoms with E-state index in [0.29, 0.717) is 0 Å². The molecule has 0 aromatic heterocycles. The Bertz CT molecular complexity index is 475. The van der Waals surface area contributed by atoms with Crippen molar-refractivity contribution >= 4 is 23.3 Å². The molecular formula is C11H12ClNO5. The molecule has 0 amide bonds. The van der Waals surface area contributed by atoms with Gasteiger partial charge in [-0.25, -0.2) is 0 Å². The third kappa shape index (κ3) is 3.10. The van der Waals surface area contributed by atoms with E-state index in [1.807, 2.05) is 0 Å². The Morgan fingerprint density at radius 2 is 2.17 bits per heavy atom. The number of halogens is 1. The molecule has 7 heteroatoms. The number of nitrogens with zero attached hydrogens (tertiary/aromatic N) is 1. The second-order valence-corrected chi connectivity index (χ2v) is 3.72. The lowest BCUT2D eigenvalue weighted by Gasteiger charge is -2.10. The van der Waals surface area contributed by atoms with Crippen LogP contribution in [0.3, 0.4) is 0 Å². The van der Waals surface area contributed by atoms with Gasteiger partial charge in [0.05, 0.1) is 25.1 Å². The molecule has 0 spiro atoms. The number of nitro groups is 1. The molecule has 1 aromatic carbocycles. The molecule has 6 nitrogen and oxygen atoms in total. The van der Waals surface area contributed by atoms with Crippen molar-refractivity contribution in [2.75, 3.05) is 13.7 Å². The summed E-state index contributed by atoms with van der Waals surface area (Å²) in [6.45, 7) is 1.90. The highest BCUT2D eigenvalue weighted by Crippen LogP contribution is 2.36. The van der Waals surface area contributed by atoms with Gasteiger partial charge in [-0.1, -0.05) is 11.6 Å². The summed E-state index contributed by atoms with van der Waals surface area (Å²) in [4.78, 5) is 21.6. The number of ether oxygens (including phenoxy) is 2. The van der Waals surface area contributed by atoms with Crippen LogP contribution in [-0.4, -0.2) is 24.6 Å². The SMILES string of the molecule is CCOC(=O)Cc1c(Cl)ccc([N+](=O)[O-])c1OC. The number of hydrogen-bond acceptors (Lipinski definition) is 5. The first-order valence-electron chi connectivity index (χ1n) is 5.16. The first-order chi connectivity index (χ1) is 8.51. The highest BCUT2D eigenvalue weighted by atomic mass is 35.5. The lowest BCUT2D eigenvalue weighted by atomic mass is 10.1. The highest BCUT2D eigenvalue weighted by molar-refractivity contribution is 6.31. The topological polar surface area (TPSA) is 78.7 Å². The number of methoxy groups -OCH3 is 1. The second kappa shape index (κ2) is 6.20. The van der Waals surface area contributed by atoms with E-state index in [2.05, 4.69) is 0 Å². The summed E-state index contributed by atoms with van der Waals surface area (Å²) in [5.41, 5.74) is 0.0213. The third-order valence-corrected chi connectivity index (χ3v) is 2.56. The smallest absolute Gasteiger partial charge is 0.311 e. The van der Waals surface area contributed by atoms with Crippen molar-refractivity contribution in [1.29, 1.82) is 0 Å². The molecule has 98 valence electrons. The fourth-order valence-electron chi connectivity index (χ4n) is 1.48. The van der Waals surface area contributed by atoms with Crippen molar-refractivity contribution in [2.24, 2.45) is 0 Å². The maximum atomic E-state index is 11.4. The lowest BCUT2D eigenvalue weighted by Crippen LogP contribution is -2.09. The molecule has 0 aliphatic rings. The second-order valence-electron chi connectivity index (χ2n) is 3.32. The van der Waals surface area contributed by atoms with E-state index in [1.54, 1.807) is 6.92 Å². The van der Waals surface area contributed by atoms with Crippen molar-refractivity contribution in [1.82, 2.24) is 0 Å². The molecule has 0 aliphatic carbocycles. The highest BCUT2D eigenvalue weighted by Gasteiger charge is 2.23. The molecule has 0 unspecified atom stereocenters. The average Bonchev–Trinajstić information content (AvgIpc) is 2.31. The van der Waals surface area contributed by atoms with Crippen LogP contribution >= 0.6 is 11.6 Å². The normalized spacial score (nSPS) is 9.94. The molecule has 1 aromatic rings. The van der Waals surface area contributed by atoms with Gasteiger partial charge in [0.2, 0.25) is 5.75 Å². The van der Waals surface area contributed by atoms with Crippen molar-refractivity contribution in [3.63, 3.8) is 0 Å². The van der Waals surface area contributed by atoms with Crippen LogP contribution in [0, 0.1) is 10.1 Å². The molecule has 0 bridgehead atoms. The Morgan fingerprint density at radius 3 is 2.67 bits per heavy atom. The number of rotatable bonds is 5. The van der Waals surface area contributed by atoms with Crippen LogP contribution in [0.4, 0.5) is 5.69 Å². The van der Waals surface area contributed by atoms with Crippen LogP contribution < -0.4 is 4.74 Å². The van der Waals surface area contributed by atoms with Crippen molar-refractivity contribution in [3.05, 3.63) is 32.8 Å². The zero-order valence-corrected chi connectivity index (χ0v) is 10.7. The minimum atomic E-state index is -0.593. The molecule has 0 atom stereocenters. The van der Waals surface area contributed by atoms with Gasteiger partial charge in [-0.3, -0.25) is 14.9 Å². The zero-order valence-electron chi connectivity index (χ0n) is 9.94. The molecule has 0 aliphatic heterocycles. The Balaban J connectivity index is 3.19. The summed E-state index contributed by atoms with van der Waals surface area (Å²) >= 11 is 5.92. The molecule has 1 rings (SSSR count). The Hall–Kier alpha value is -1.82. The van der Waals surface area contributed by atoms with E-state index >= 15 is 0 Å². The predicted octanol–water partition coefficient (Wildman–Crippen LogP) is 2.36. The predicted molar refractivity (Wildman–Crippen MR) is 65.0 cm³/mol. The molecular weight excluding hydrogens is 262 g/mol. The van der Waals surface area contributed by atoms with Crippen molar-refractivity contribution in [3.8, 4) is 5.75 Å². The van der Waals surface area contributed by atoms with Crippen LogP contribution in [0.2, 0.25) is 5.02 Å². The number of carbonyl (C=O) groups is 1. The third-order valence-electron chi connectivity index (χ3n) is 2.21. The Kier molecular flexibility index (Phi) is 4.91. The van der Waals surface area contributed by atoms with Gasteiger partial charge < -0.3 is 9.47 Å². The largest absolute Gasteiger partial charge is 0.490 e. The van der Waals surface area contributed by atoms with Gasteiger partial charge in [-0.2, -0.15) is 0 Å². The Morgan fingerprint density at radius 1 is 1.50 bits per heavy atom. The van der Waals surface area contributed by atoms with Gasteiger partial charge in [0.1, 0.15) is 0 Å². The monoisotopic (exact) mass is 273 g/mol. The van der Waals surface area contributed by atoms with Crippen LogP contribution in [0.15, 0.2) is 12.1 Å². The first kappa shape index (κ1) is 14.2. The molecule has 0 heterocycles. The van der Waals surface area contributed by atoms with Gasteiger partial charge in [0.15, 0.2) is 0 Å². The standard InChI is InChI=1S/C11H12ClNO5/c1-3-18-10(14)6-7-8(12)4-5-9(13(15)16)11(7)17-2/h4-5H,3,6H2,1-2H3. The number of hydrogen-bond donors (Lipinski definition) is 0. The van der Waals surface area contributed by atoms with Gasteiger partial charge in [-0.05, 0) is 13.0 Å². The van der Waals surface area contributed by atoms with Crippen LogP contribution in [0.25, 0.3) is 0 Å². The maximum absolute atomic E-state index is 11.4. The number of esters is 1. The first-order valence-corrected chi connectivity index (χ1v) is 5.54. The van der Waals surface area contributed by atoms with Gasteiger partial charge in [-0.15, -0.1) is 0 Å². The molecule has 0 radical (unpaired) electrons. The summed E-state index contributed by atoms with van der Waals surface area (Å²) in [7, 11) is 1.29. The fourth-order valence-corrected chi connectivity index (χ4v) is 1.70. The van der Waals surface area contributed by atoms with E-state index in [4.69, 9.17) is 21.1 Å². The number of nitro benzene ring substituents is 1. The average molecular weight is 274 g/mol. The maximum Gasteiger partial charge on any atom is 0.311 e. The summed E-state index contributed by atoms with van der Waals surface area (Å²) in [5, 5.41) is 11.0. The zero-order chi connectivity index (χ0) is 13.7. The minimum absolute atomic E-state index is 0.0134. The van der Waals surface area contributed by atoms with Gasteiger partial charge in [0.25, 0.3) is 0 Å².